The summed E-state index contributed by atoms with van der Waals surface area (Å²) in [5.74, 6) is -0.264. The minimum absolute atomic E-state index is 0.0425. The van der Waals surface area contributed by atoms with Gasteiger partial charge >= 0.3 is 5.97 Å². The number of carboxylic acid groups (broad SMARTS) is 1. The van der Waals surface area contributed by atoms with Crippen molar-refractivity contribution >= 4 is 28.4 Å². The molecule has 1 aromatic carbocycles. The average molecular weight is 268 g/mol. The molecule has 0 fully saturated rings. The lowest BCUT2D eigenvalue weighted by Crippen LogP contribution is -2.07. The first-order valence-electron chi connectivity index (χ1n) is 6.05. The van der Waals surface area contributed by atoms with Gasteiger partial charge < -0.3 is 15.4 Å². The van der Waals surface area contributed by atoms with Crippen LogP contribution in [0.2, 0.25) is 0 Å². The number of aryl methyl sites for hydroxylation is 1. The number of H-pyrrole nitrogens is 1. The fourth-order valence-corrected chi connectivity index (χ4v) is 2.02. The number of para-hydroxylation sites is 1. The Morgan fingerprint density at radius 2 is 2.15 bits per heavy atom. The smallest absolute Gasteiger partial charge is 0.341 e. The lowest BCUT2D eigenvalue weighted by Gasteiger charge is -2.07. The summed E-state index contributed by atoms with van der Waals surface area (Å²) in [5.41, 5.74) is 1.79. The fraction of sp³-hybridized carbons (Fsp3) is 0.0714. The van der Waals surface area contributed by atoms with Gasteiger partial charge in [0.05, 0.1) is 5.69 Å². The molecule has 3 aromatic rings. The van der Waals surface area contributed by atoms with Gasteiger partial charge in [-0.1, -0.05) is 18.2 Å². The van der Waals surface area contributed by atoms with E-state index in [1.807, 2.05) is 24.3 Å². The van der Waals surface area contributed by atoms with Gasteiger partial charge in [-0.25, -0.2) is 14.8 Å². The monoisotopic (exact) mass is 268 g/mol. The van der Waals surface area contributed by atoms with Crippen molar-refractivity contribution in [3.8, 4) is 0 Å². The summed E-state index contributed by atoms with van der Waals surface area (Å²) in [4.78, 5) is 22.4. The Balaban J connectivity index is 2.07. The average Bonchev–Trinajstić information content (AvgIpc) is 2.82. The van der Waals surface area contributed by atoms with Crippen LogP contribution in [0.5, 0.6) is 0 Å². The minimum Gasteiger partial charge on any atom is -0.477 e. The van der Waals surface area contributed by atoms with Crippen LogP contribution in [0.25, 0.3) is 10.9 Å². The third-order valence-corrected chi connectivity index (χ3v) is 2.98. The van der Waals surface area contributed by atoms with Crippen LogP contribution in [0, 0.1) is 6.92 Å². The lowest BCUT2D eigenvalue weighted by atomic mass is 10.2. The molecule has 0 aliphatic carbocycles. The molecule has 2 heterocycles. The van der Waals surface area contributed by atoms with Crippen LogP contribution in [0.1, 0.15) is 16.2 Å². The summed E-state index contributed by atoms with van der Waals surface area (Å²) in [6, 6.07) is 7.75. The number of benzene rings is 1. The van der Waals surface area contributed by atoms with E-state index in [0.717, 1.165) is 16.6 Å². The van der Waals surface area contributed by atoms with Crippen molar-refractivity contribution in [1.29, 1.82) is 0 Å². The Morgan fingerprint density at radius 1 is 1.35 bits per heavy atom. The van der Waals surface area contributed by atoms with Crippen molar-refractivity contribution < 1.29 is 9.90 Å². The first-order valence-corrected chi connectivity index (χ1v) is 6.05. The van der Waals surface area contributed by atoms with Crippen LogP contribution < -0.4 is 5.32 Å². The van der Waals surface area contributed by atoms with E-state index in [2.05, 4.69) is 20.3 Å². The van der Waals surface area contributed by atoms with Gasteiger partial charge in [0.2, 0.25) is 0 Å². The highest BCUT2D eigenvalue weighted by atomic mass is 16.4. The summed E-state index contributed by atoms with van der Waals surface area (Å²) < 4.78 is 0. The first kappa shape index (κ1) is 12.2. The summed E-state index contributed by atoms with van der Waals surface area (Å²) in [5, 5.41) is 13.2. The number of carbonyl (C=O) groups is 1. The van der Waals surface area contributed by atoms with E-state index < -0.39 is 5.97 Å². The maximum absolute atomic E-state index is 11.2. The zero-order chi connectivity index (χ0) is 14.1. The SMILES string of the molecule is Cc1ncc(C(=O)O)c(Nc2c[nH]c3ccccc23)n1. The van der Waals surface area contributed by atoms with Gasteiger partial charge in [0.15, 0.2) is 0 Å². The van der Waals surface area contributed by atoms with E-state index in [-0.39, 0.29) is 11.4 Å². The Hall–Kier alpha value is -2.89. The second-order valence-corrected chi connectivity index (χ2v) is 4.36. The van der Waals surface area contributed by atoms with Crippen molar-refractivity contribution in [3.63, 3.8) is 0 Å². The van der Waals surface area contributed by atoms with E-state index in [4.69, 9.17) is 0 Å². The second-order valence-electron chi connectivity index (χ2n) is 4.36. The number of hydrogen-bond donors (Lipinski definition) is 3. The van der Waals surface area contributed by atoms with Gasteiger partial charge in [-0.15, -0.1) is 0 Å². The molecule has 20 heavy (non-hydrogen) atoms. The fourth-order valence-electron chi connectivity index (χ4n) is 2.02. The molecule has 2 aromatic heterocycles. The molecule has 0 aliphatic rings. The largest absolute Gasteiger partial charge is 0.477 e. The van der Waals surface area contributed by atoms with Gasteiger partial charge in [0, 0.05) is 23.3 Å². The molecule has 3 rings (SSSR count). The van der Waals surface area contributed by atoms with Crippen LogP contribution in [0.15, 0.2) is 36.7 Å². The van der Waals surface area contributed by atoms with Crippen LogP contribution in [-0.4, -0.2) is 26.0 Å². The third-order valence-electron chi connectivity index (χ3n) is 2.98. The Bertz CT molecular complexity index is 795. The van der Waals surface area contributed by atoms with Gasteiger partial charge in [-0.2, -0.15) is 0 Å². The van der Waals surface area contributed by atoms with E-state index in [9.17, 15) is 9.90 Å². The maximum atomic E-state index is 11.2. The molecule has 0 spiro atoms. The van der Waals surface area contributed by atoms with Crippen molar-refractivity contribution in [3.05, 3.63) is 48.0 Å². The summed E-state index contributed by atoms with van der Waals surface area (Å²) in [6.07, 6.45) is 3.09. The minimum atomic E-state index is -1.06. The van der Waals surface area contributed by atoms with Crippen molar-refractivity contribution in [2.45, 2.75) is 6.92 Å². The number of nitrogens with zero attached hydrogens (tertiary/aromatic N) is 2. The zero-order valence-corrected chi connectivity index (χ0v) is 10.7. The predicted molar refractivity (Wildman–Crippen MR) is 75.3 cm³/mol. The molecule has 0 saturated carbocycles. The number of fused-ring (bicyclic) bond motifs is 1. The molecular formula is C14H12N4O2. The number of aromatic amines is 1. The number of aromatic carboxylic acids is 1. The van der Waals surface area contributed by atoms with Crippen molar-refractivity contribution in [2.24, 2.45) is 0 Å². The third kappa shape index (κ3) is 2.07. The normalized spacial score (nSPS) is 10.7. The molecule has 0 saturated heterocycles. The molecule has 0 unspecified atom stereocenters. The molecular weight excluding hydrogens is 256 g/mol. The highest BCUT2D eigenvalue weighted by Crippen LogP contribution is 2.26. The maximum Gasteiger partial charge on any atom is 0.341 e. The topological polar surface area (TPSA) is 90.9 Å². The van der Waals surface area contributed by atoms with Gasteiger partial charge in [0.25, 0.3) is 0 Å². The quantitative estimate of drug-likeness (QED) is 0.679. The highest BCUT2D eigenvalue weighted by molar-refractivity contribution is 5.97. The molecule has 0 aliphatic heterocycles. The number of carboxylic acids is 1. The van der Waals surface area contributed by atoms with Crippen LogP contribution in [-0.2, 0) is 0 Å². The second kappa shape index (κ2) is 4.65. The predicted octanol–water partition coefficient (Wildman–Crippen LogP) is 2.71. The number of aromatic nitrogens is 3. The van der Waals surface area contributed by atoms with Gasteiger partial charge in [-0.05, 0) is 13.0 Å². The molecule has 0 amide bonds. The standard InChI is InChI=1S/C14H12N4O2/c1-8-15-6-10(14(19)20)13(17-8)18-12-7-16-11-5-3-2-4-9(11)12/h2-7,16H,1H3,(H,19,20)(H,15,17,18). The lowest BCUT2D eigenvalue weighted by molar-refractivity contribution is 0.0697. The molecule has 0 radical (unpaired) electrons. The molecule has 100 valence electrons. The number of nitrogens with one attached hydrogen (secondary N) is 2. The van der Waals surface area contributed by atoms with E-state index in [1.54, 1.807) is 13.1 Å². The Morgan fingerprint density at radius 3 is 2.95 bits per heavy atom. The van der Waals surface area contributed by atoms with Gasteiger partial charge in [0.1, 0.15) is 17.2 Å². The molecule has 0 bridgehead atoms. The number of hydrogen-bond acceptors (Lipinski definition) is 4. The van der Waals surface area contributed by atoms with Gasteiger partial charge in [-0.3, -0.25) is 0 Å². The number of rotatable bonds is 3. The summed E-state index contributed by atoms with van der Waals surface area (Å²) in [7, 11) is 0. The zero-order valence-electron chi connectivity index (χ0n) is 10.7. The van der Waals surface area contributed by atoms with Crippen LogP contribution in [0.4, 0.5) is 11.5 Å². The molecule has 0 atom stereocenters. The summed E-state index contributed by atoms with van der Waals surface area (Å²) >= 11 is 0. The van der Waals surface area contributed by atoms with E-state index >= 15 is 0 Å². The van der Waals surface area contributed by atoms with E-state index in [0.29, 0.717) is 5.82 Å². The summed E-state index contributed by atoms with van der Waals surface area (Å²) in [6.45, 7) is 1.71. The van der Waals surface area contributed by atoms with Crippen molar-refractivity contribution in [2.75, 3.05) is 5.32 Å². The molecule has 3 N–H and O–H groups in total. The van der Waals surface area contributed by atoms with Crippen LogP contribution in [0.3, 0.4) is 0 Å². The molecule has 6 nitrogen and oxygen atoms in total. The Kier molecular flexibility index (Phi) is 2.83. The van der Waals surface area contributed by atoms with Crippen LogP contribution >= 0.6 is 0 Å². The number of anilines is 2. The first-order chi connectivity index (χ1) is 9.65. The molecule has 6 heteroatoms. The highest BCUT2D eigenvalue weighted by Gasteiger charge is 2.14. The van der Waals surface area contributed by atoms with Crippen molar-refractivity contribution in [1.82, 2.24) is 15.0 Å². The Labute approximate surface area is 114 Å². The van der Waals surface area contributed by atoms with E-state index in [1.165, 1.54) is 6.20 Å².